The number of rotatable bonds is 7. The van der Waals surface area contributed by atoms with E-state index < -0.39 is 0 Å². The Morgan fingerprint density at radius 2 is 2.33 bits per heavy atom. The highest BCUT2D eigenvalue weighted by Gasteiger charge is 2.09. The summed E-state index contributed by atoms with van der Waals surface area (Å²) in [5, 5.41) is 6.01. The Kier molecular flexibility index (Phi) is 6.14. The number of carbonyl (C=O) groups excluding carboxylic acids is 1. The molecule has 0 aliphatic rings. The van der Waals surface area contributed by atoms with Gasteiger partial charge in [-0.05, 0) is 25.5 Å². The smallest absolute Gasteiger partial charge is 0.251 e. The largest absolute Gasteiger partial charge is 0.383 e. The number of amides is 1. The van der Waals surface area contributed by atoms with Crippen molar-refractivity contribution in [2.24, 2.45) is 0 Å². The van der Waals surface area contributed by atoms with Crippen molar-refractivity contribution >= 4 is 11.7 Å². The highest BCUT2D eigenvalue weighted by molar-refractivity contribution is 5.94. The van der Waals surface area contributed by atoms with Gasteiger partial charge in [0.15, 0.2) is 0 Å². The number of hydrogen-bond acceptors (Lipinski definition) is 4. The molecule has 1 rings (SSSR count). The summed E-state index contributed by atoms with van der Waals surface area (Å²) >= 11 is 0. The van der Waals surface area contributed by atoms with Crippen LogP contribution in [0.5, 0.6) is 0 Å². The fourth-order valence-corrected chi connectivity index (χ4v) is 1.36. The quantitative estimate of drug-likeness (QED) is 0.724. The number of anilines is 1. The molecule has 0 aromatic carbocycles. The number of nitrogens with one attached hydrogen (secondary N) is 2. The Balaban J connectivity index is 2.60. The van der Waals surface area contributed by atoms with Crippen molar-refractivity contribution in [3.8, 4) is 0 Å². The van der Waals surface area contributed by atoms with Gasteiger partial charge in [0.05, 0.1) is 6.61 Å². The van der Waals surface area contributed by atoms with Crippen LogP contribution in [0, 0.1) is 0 Å². The molecule has 1 aromatic heterocycles. The van der Waals surface area contributed by atoms with Gasteiger partial charge in [0, 0.05) is 31.5 Å². The van der Waals surface area contributed by atoms with E-state index in [0.29, 0.717) is 24.5 Å². The fraction of sp³-hybridized carbons (Fsp3) is 0.538. The number of hydrogen-bond donors (Lipinski definition) is 2. The third kappa shape index (κ3) is 4.71. The van der Waals surface area contributed by atoms with Crippen LogP contribution in [0.4, 0.5) is 5.82 Å². The van der Waals surface area contributed by atoms with Gasteiger partial charge in [-0.25, -0.2) is 4.98 Å². The van der Waals surface area contributed by atoms with Crippen molar-refractivity contribution in [2.75, 3.05) is 25.6 Å². The second-order valence-electron chi connectivity index (χ2n) is 4.13. The number of aromatic nitrogens is 1. The maximum absolute atomic E-state index is 11.9. The number of methoxy groups -OCH3 is 1. The Hall–Kier alpha value is -1.62. The lowest BCUT2D eigenvalue weighted by atomic mass is 10.2. The Labute approximate surface area is 108 Å². The second kappa shape index (κ2) is 7.66. The Morgan fingerprint density at radius 1 is 1.56 bits per heavy atom. The minimum atomic E-state index is -0.0680. The van der Waals surface area contributed by atoms with E-state index in [1.165, 1.54) is 0 Å². The van der Waals surface area contributed by atoms with Crippen LogP contribution in [0.15, 0.2) is 18.3 Å². The van der Waals surface area contributed by atoms with Gasteiger partial charge in [-0.15, -0.1) is 0 Å². The predicted octanol–water partition coefficient (Wildman–Crippen LogP) is 1.67. The first-order valence-corrected chi connectivity index (χ1v) is 6.17. The zero-order valence-electron chi connectivity index (χ0n) is 11.2. The van der Waals surface area contributed by atoms with Crippen molar-refractivity contribution in [3.63, 3.8) is 0 Å². The number of nitrogens with zero attached hydrogens (tertiary/aromatic N) is 1. The molecule has 2 N–H and O–H groups in total. The van der Waals surface area contributed by atoms with Crippen LogP contribution >= 0.6 is 0 Å². The third-order valence-electron chi connectivity index (χ3n) is 2.62. The van der Waals surface area contributed by atoms with E-state index in [2.05, 4.69) is 15.6 Å². The fourth-order valence-electron chi connectivity index (χ4n) is 1.36. The highest BCUT2D eigenvalue weighted by atomic mass is 16.5. The van der Waals surface area contributed by atoms with Crippen LogP contribution in [-0.2, 0) is 4.74 Å². The molecule has 1 aromatic rings. The second-order valence-corrected chi connectivity index (χ2v) is 4.13. The summed E-state index contributed by atoms with van der Waals surface area (Å²) in [4.78, 5) is 16.1. The molecule has 0 bridgehead atoms. The summed E-state index contributed by atoms with van der Waals surface area (Å²) in [7, 11) is 1.64. The van der Waals surface area contributed by atoms with E-state index in [1.54, 1.807) is 25.4 Å². The molecule has 0 spiro atoms. The molecular formula is C13H21N3O2. The van der Waals surface area contributed by atoms with Gasteiger partial charge < -0.3 is 15.4 Å². The van der Waals surface area contributed by atoms with Gasteiger partial charge in [0.1, 0.15) is 5.82 Å². The molecule has 0 radical (unpaired) electrons. The molecule has 5 nitrogen and oxygen atoms in total. The molecule has 0 aliphatic heterocycles. The topological polar surface area (TPSA) is 63.2 Å². The first-order valence-electron chi connectivity index (χ1n) is 6.17. The summed E-state index contributed by atoms with van der Waals surface area (Å²) in [6, 6.07) is 3.63. The summed E-state index contributed by atoms with van der Waals surface area (Å²) in [6.07, 6.45) is 2.54. The van der Waals surface area contributed by atoms with E-state index in [4.69, 9.17) is 4.74 Å². The molecule has 1 unspecified atom stereocenters. The van der Waals surface area contributed by atoms with Gasteiger partial charge in [0.2, 0.25) is 0 Å². The average Bonchev–Trinajstić information content (AvgIpc) is 2.39. The zero-order chi connectivity index (χ0) is 13.4. The molecule has 18 heavy (non-hydrogen) atoms. The molecule has 0 fully saturated rings. The Morgan fingerprint density at radius 3 is 3.00 bits per heavy atom. The monoisotopic (exact) mass is 251 g/mol. The highest BCUT2D eigenvalue weighted by Crippen LogP contribution is 2.07. The summed E-state index contributed by atoms with van der Waals surface area (Å²) in [5.74, 6) is 0.616. The van der Waals surface area contributed by atoms with Crippen LogP contribution in [-0.4, -0.2) is 37.2 Å². The third-order valence-corrected chi connectivity index (χ3v) is 2.62. The van der Waals surface area contributed by atoms with Crippen molar-refractivity contribution in [1.82, 2.24) is 10.3 Å². The van der Waals surface area contributed by atoms with Gasteiger partial charge >= 0.3 is 0 Å². The molecule has 0 aliphatic carbocycles. The molecule has 1 heterocycles. The lowest BCUT2D eigenvalue weighted by Crippen LogP contribution is -2.31. The molecule has 0 saturated carbocycles. The van der Waals surface area contributed by atoms with Crippen molar-refractivity contribution in [2.45, 2.75) is 26.3 Å². The summed E-state index contributed by atoms with van der Waals surface area (Å²) in [5.41, 5.74) is 0.616. The maximum Gasteiger partial charge on any atom is 0.251 e. The normalized spacial score (nSPS) is 11.9. The van der Waals surface area contributed by atoms with E-state index in [9.17, 15) is 4.79 Å². The van der Waals surface area contributed by atoms with Crippen LogP contribution in [0.25, 0.3) is 0 Å². The van der Waals surface area contributed by atoms with Crippen LogP contribution < -0.4 is 10.6 Å². The van der Waals surface area contributed by atoms with Gasteiger partial charge in [-0.2, -0.15) is 0 Å². The average molecular weight is 251 g/mol. The van der Waals surface area contributed by atoms with Crippen LogP contribution in [0.2, 0.25) is 0 Å². The number of pyridine rings is 1. The minimum absolute atomic E-state index is 0.0680. The minimum Gasteiger partial charge on any atom is -0.383 e. The maximum atomic E-state index is 11.9. The first kappa shape index (κ1) is 14.4. The van der Waals surface area contributed by atoms with E-state index >= 15 is 0 Å². The predicted molar refractivity (Wildman–Crippen MR) is 71.8 cm³/mol. The zero-order valence-corrected chi connectivity index (χ0v) is 11.2. The van der Waals surface area contributed by atoms with Crippen molar-refractivity contribution in [3.05, 3.63) is 23.9 Å². The van der Waals surface area contributed by atoms with Crippen molar-refractivity contribution < 1.29 is 9.53 Å². The summed E-state index contributed by atoms with van der Waals surface area (Å²) < 4.78 is 4.94. The molecule has 1 amide bonds. The van der Waals surface area contributed by atoms with Crippen molar-refractivity contribution in [1.29, 1.82) is 0 Å². The SMILES string of the molecule is CCC(C)NC(=O)c1ccnc(NCCOC)c1. The van der Waals surface area contributed by atoms with Gasteiger partial charge in [-0.1, -0.05) is 6.92 Å². The molecule has 0 saturated heterocycles. The molecular weight excluding hydrogens is 230 g/mol. The van der Waals surface area contributed by atoms with E-state index in [-0.39, 0.29) is 11.9 Å². The number of carbonyl (C=O) groups is 1. The molecule has 1 atom stereocenters. The lowest BCUT2D eigenvalue weighted by Gasteiger charge is -2.12. The number of ether oxygens (including phenoxy) is 1. The van der Waals surface area contributed by atoms with Crippen LogP contribution in [0.1, 0.15) is 30.6 Å². The summed E-state index contributed by atoms with van der Waals surface area (Å²) in [6.45, 7) is 5.29. The van der Waals surface area contributed by atoms with E-state index in [0.717, 1.165) is 6.42 Å². The molecule has 100 valence electrons. The molecule has 5 heteroatoms. The van der Waals surface area contributed by atoms with Gasteiger partial charge in [-0.3, -0.25) is 4.79 Å². The van der Waals surface area contributed by atoms with E-state index in [1.807, 2.05) is 13.8 Å². The van der Waals surface area contributed by atoms with Gasteiger partial charge in [0.25, 0.3) is 5.91 Å². The van der Waals surface area contributed by atoms with Crippen LogP contribution in [0.3, 0.4) is 0 Å². The lowest BCUT2D eigenvalue weighted by molar-refractivity contribution is 0.0939. The Bertz CT molecular complexity index is 382. The standard InChI is InChI=1S/C13H21N3O2/c1-4-10(2)16-13(17)11-5-6-14-12(9-11)15-7-8-18-3/h5-6,9-10H,4,7-8H2,1-3H3,(H,14,15)(H,16,17). The first-order chi connectivity index (χ1) is 8.67.